The highest BCUT2D eigenvalue weighted by Gasteiger charge is 2.29. The first-order valence-electron chi connectivity index (χ1n) is 4.45. The van der Waals surface area contributed by atoms with E-state index >= 15 is 0 Å². The van der Waals surface area contributed by atoms with Crippen LogP contribution in [0.3, 0.4) is 0 Å². The largest absolute Gasteiger partial charge is 0.464 e. The fourth-order valence-electron chi connectivity index (χ4n) is 1.42. The molecule has 0 aromatic carbocycles. The van der Waals surface area contributed by atoms with Gasteiger partial charge in [-0.05, 0) is 6.08 Å². The Morgan fingerprint density at radius 2 is 2.25 bits per heavy atom. The van der Waals surface area contributed by atoms with Crippen LogP contribution in [-0.4, -0.2) is 27.0 Å². The number of hydrogen-bond acceptors (Lipinski definition) is 5. The van der Waals surface area contributed by atoms with Crippen LogP contribution >= 0.6 is 0 Å². The third-order valence-electron chi connectivity index (χ3n) is 2.13. The van der Waals surface area contributed by atoms with E-state index in [2.05, 4.69) is 0 Å². The molecule has 2 unspecified atom stereocenters. The number of aromatic nitrogens is 2. The van der Waals surface area contributed by atoms with Gasteiger partial charge < -0.3 is 9.84 Å². The van der Waals surface area contributed by atoms with Gasteiger partial charge in [-0.25, -0.2) is 4.79 Å². The second kappa shape index (κ2) is 3.78. The number of carbonyl (C=O) groups excluding carboxylic acids is 1. The summed E-state index contributed by atoms with van der Waals surface area (Å²) in [5.74, 6) is -0.0457. The lowest BCUT2D eigenvalue weighted by Crippen LogP contribution is -2.35. The van der Waals surface area contributed by atoms with E-state index in [1.54, 1.807) is 0 Å². The van der Waals surface area contributed by atoms with Crippen molar-refractivity contribution in [3.63, 3.8) is 0 Å². The van der Waals surface area contributed by atoms with Crippen LogP contribution in [0.25, 0.3) is 0 Å². The molecule has 1 aromatic heterocycles. The predicted molar refractivity (Wildman–Crippen MR) is 51.6 cm³/mol. The number of nitrogens with one attached hydrogen (secondary N) is 1. The summed E-state index contributed by atoms with van der Waals surface area (Å²) in [5.41, 5.74) is -1.26. The van der Waals surface area contributed by atoms with Crippen molar-refractivity contribution in [2.45, 2.75) is 12.3 Å². The van der Waals surface area contributed by atoms with E-state index in [0.29, 0.717) is 6.29 Å². The number of H-pyrrole nitrogens is 1. The van der Waals surface area contributed by atoms with Crippen LogP contribution in [0.2, 0.25) is 0 Å². The summed E-state index contributed by atoms with van der Waals surface area (Å²) in [5, 5.41) is 9.53. The number of allylic oxidation sites excluding steroid dienone is 1. The van der Waals surface area contributed by atoms with Gasteiger partial charge in [0.2, 0.25) is 6.23 Å². The molecule has 2 N–H and O–H groups in total. The summed E-state index contributed by atoms with van der Waals surface area (Å²) < 4.78 is 6.01. The number of nitrogens with zero attached hydrogens (tertiary/aromatic N) is 1. The van der Waals surface area contributed by atoms with E-state index < -0.39 is 23.6 Å². The zero-order chi connectivity index (χ0) is 11.7. The lowest BCUT2D eigenvalue weighted by atomic mass is 10.3. The first kappa shape index (κ1) is 10.4. The Hall–Kier alpha value is -2.15. The number of aromatic amines is 1. The van der Waals surface area contributed by atoms with Gasteiger partial charge in [-0.3, -0.25) is 19.1 Å². The first-order chi connectivity index (χ1) is 7.61. The van der Waals surface area contributed by atoms with Gasteiger partial charge in [-0.1, -0.05) is 0 Å². The Bertz CT molecular complexity index is 556. The summed E-state index contributed by atoms with van der Waals surface area (Å²) >= 11 is 0. The topological polar surface area (TPSA) is 101 Å². The van der Waals surface area contributed by atoms with Crippen LogP contribution < -0.4 is 11.2 Å². The van der Waals surface area contributed by atoms with Gasteiger partial charge >= 0.3 is 5.69 Å². The van der Waals surface area contributed by atoms with Crippen LogP contribution in [0.1, 0.15) is 6.23 Å². The van der Waals surface area contributed by atoms with Crippen LogP contribution in [0, 0.1) is 0 Å². The SMILES string of the molecule is O=CC1=CC(O)C(n2ccc(=O)[nH]c2=O)O1. The van der Waals surface area contributed by atoms with E-state index in [9.17, 15) is 19.5 Å². The van der Waals surface area contributed by atoms with Crippen molar-refractivity contribution in [2.24, 2.45) is 0 Å². The third-order valence-corrected chi connectivity index (χ3v) is 2.13. The number of aldehydes is 1. The average Bonchev–Trinajstić information content (AvgIpc) is 2.60. The molecule has 2 rings (SSSR count). The highest BCUT2D eigenvalue weighted by molar-refractivity contribution is 5.71. The number of carbonyl (C=O) groups is 1. The smallest absolute Gasteiger partial charge is 0.331 e. The van der Waals surface area contributed by atoms with Crippen molar-refractivity contribution >= 4 is 6.29 Å². The Morgan fingerprint density at radius 3 is 2.81 bits per heavy atom. The average molecular weight is 224 g/mol. The molecule has 2 atom stereocenters. The van der Waals surface area contributed by atoms with Crippen LogP contribution in [0.5, 0.6) is 0 Å². The number of hydrogen-bond donors (Lipinski definition) is 2. The molecule has 84 valence electrons. The van der Waals surface area contributed by atoms with E-state index in [0.717, 1.165) is 10.6 Å². The molecule has 1 aliphatic rings. The monoisotopic (exact) mass is 224 g/mol. The number of rotatable bonds is 2. The second-order valence-corrected chi connectivity index (χ2v) is 3.20. The number of ether oxygens (including phenoxy) is 1. The van der Waals surface area contributed by atoms with Crippen molar-refractivity contribution in [3.8, 4) is 0 Å². The minimum atomic E-state index is -1.11. The minimum absolute atomic E-state index is 0.0457. The zero-order valence-electron chi connectivity index (χ0n) is 7.99. The first-order valence-corrected chi connectivity index (χ1v) is 4.45. The molecular weight excluding hydrogens is 216 g/mol. The second-order valence-electron chi connectivity index (χ2n) is 3.20. The van der Waals surface area contributed by atoms with Gasteiger partial charge in [0, 0.05) is 12.3 Å². The fourth-order valence-corrected chi connectivity index (χ4v) is 1.42. The van der Waals surface area contributed by atoms with Gasteiger partial charge in [0.15, 0.2) is 12.0 Å². The Morgan fingerprint density at radius 1 is 1.50 bits per heavy atom. The highest BCUT2D eigenvalue weighted by atomic mass is 16.5. The maximum Gasteiger partial charge on any atom is 0.331 e. The Balaban J connectivity index is 2.37. The standard InChI is InChI=1S/C9H8N2O5/c12-4-5-3-6(13)8(16-5)11-2-1-7(14)10-9(11)15/h1-4,6,8,13H,(H,10,14,15). The van der Waals surface area contributed by atoms with Gasteiger partial charge in [0.05, 0.1) is 0 Å². The highest BCUT2D eigenvalue weighted by Crippen LogP contribution is 2.23. The summed E-state index contributed by atoms with van der Waals surface area (Å²) in [4.78, 5) is 34.6. The van der Waals surface area contributed by atoms with Gasteiger partial charge in [0.1, 0.15) is 6.10 Å². The minimum Gasteiger partial charge on any atom is -0.464 e. The van der Waals surface area contributed by atoms with Crippen molar-refractivity contribution in [1.82, 2.24) is 9.55 Å². The molecule has 0 saturated carbocycles. The van der Waals surface area contributed by atoms with E-state index in [4.69, 9.17) is 4.74 Å². The molecule has 0 aliphatic carbocycles. The maximum atomic E-state index is 11.4. The molecule has 1 aromatic rings. The summed E-state index contributed by atoms with van der Waals surface area (Å²) in [6, 6.07) is 1.12. The van der Waals surface area contributed by atoms with Crippen LogP contribution in [-0.2, 0) is 9.53 Å². The summed E-state index contributed by atoms with van der Waals surface area (Å²) in [7, 11) is 0. The van der Waals surface area contributed by atoms with Crippen molar-refractivity contribution in [1.29, 1.82) is 0 Å². The lowest BCUT2D eigenvalue weighted by Gasteiger charge is -2.16. The number of aliphatic hydroxyl groups excluding tert-OH is 1. The molecule has 0 spiro atoms. The Labute approximate surface area is 88.6 Å². The molecule has 0 saturated heterocycles. The molecule has 7 heteroatoms. The predicted octanol–water partition coefficient (Wildman–Crippen LogP) is -1.49. The van der Waals surface area contributed by atoms with Crippen molar-refractivity contribution < 1.29 is 14.6 Å². The molecule has 7 nitrogen and oxygen atoms in total. The normalized spacial score (nSPS) is 23.7. The maximum absolute atomic E-state index is 11.4. The van der Waals surface area contributed by atoms with Crippen LogP contribution in [0.4, 0.5) is 0 Å². The molecule has 0 radical (unpaired) electrons. The van der Waals surface area contributed by atoms with Crippen molar-refractivity contribution in [2.75, 3.05) is 0 Å². The van der Waals surface area contributed by atoms with Gasteiger partial charge in [0.25, 0.3) is 5.56 Å². The fraction of sp³-hybridized carbons (Fsp3) is 0.222. The summed E-state index contributed by atoms with van der Waals surface area (Å²) in [6.07, 6.45) is 0.680. The van der Waals surface area contributed by atoms with Crippen molar-refractivity contribution in [3.05, 3.63) is 44.9 Å². The molecule has 0 amide bonds. The van der Waals surface area contributed by atoms with Crippen LogP contribution in [0.15, 0.2) is 33.7 Å². The molecular formula is C9H8N2O5. The zero-order valence-corrected chi connectivity index (χ0v) is 7.99. The summed E-state index contributed by atoms with van der Waals surface area (Å²) in [6.45, 7) is 0. The number of aliphatic hydroxyl groups is 1. The molecule has 16 heavy (non-hydrogen) atoms. The molecule has 0 bridgehead atoms. The van der Waals surface area contributed by atoms with E-state index in [1.807, 2.05) is 4.98 Å². The lowest BCUT2D eigenvalue weighted by molar-refractivity contribution is -0.109. The quantitative estimate of drug-likeness (QED) is 0.596. The van der Waals surface area contributed by atoms with E-state index in [1.165, 1.54) is 12.3 Å². The van der Waals surface area contributed by atoms with E-state index in [-0.39, 0.29) is 5.76 Å². The van der Waals surface area contributed by atoms with Gasteiger partial charge in [-0.15, -0.1) is 0 Å². The third kappa shape index (κ3) is 1.68. The molecule has 0 fully saturated rings. The molecule has 1 aliphatic heterocycles. The Kier molecular flexibility index (Phi) is 2.45. The van der Waals surface area contributed by atoms with Gasteiger partial charge in [-0.2, -0.15) is 0 Å². The molecule has 2 heterocycles.